The maximum Gasteiger partial charge on any atom is 0.0907 e. The minimum Gasteiger partial charge on any atom is -0.251 e. The van der Waals surface area contributed by atoms with Crippen LogP contribution in [0.1, 0.15) is 37.3 Å². The van der Waals surface area contributed by atoms with Gasteiger partial charge in [0.15, 0.2) is 0 Å². The van der Waals surface area contributed by atoms with E-state index in [0.717, 1.165) is 25.2 Å². The van der Waals surface area contributed by atoms with Gasteiger partial charge in [-0.05, 0) is 53.6 Å². The van der Waals surface area contributed by atoms with Crippen LogP contribution in [0.2, 0.25) is 10.0 Å². The lowest BCUT2D eigenvalue weighted by Gasteiger charge is -2.12. The normalized spacial score (nSPS) is 16.6. The molecule has 0 N–H and O–H groups in total. The highest BCUT2D eigenvalue weighted by molar-refractivity contribution is 14.1. The van der Waals surface area contributed by atoms with E-state index in [1.165, 1.54) is 25.7 Å². The number of rotatable bonds is 1. The maximum absolute atomic E-state index is 6.38. The molecule has 0 saturated heterocycles. The molecule has 1 aromatic heterocycles. The molecule has 1 fully saturated rings. The second-order valence-electron chi connectivity index (χ2n) is 4.79. The van der Waals surface area contributed by atoms with Gasteiger partial charge in [0, 0.05) is 20.6 Å². The largest absolute Gasteiger partial charge is 0.251 e. The molecule has 18 heavy (non-hydrogen) atoms. The lowest BCUT2D eigenvalue weighted by atomic mass is 10.0. The fourth-order valence-electron chi connectivity index (χ4n) is 2.66. The lowest BCUT2D eigenvalue weighted by molar-refractivity contribution is 0.701. The fraction of sp³-hybridized carbons (Fsp3) is 0.357. The van der Waals surface area contributed by atoms with E-state index in [1.807, 2.05) is 18.2 Å². The van der Waals surface area contributed by atoms with Gasteiger partial charge in [0.1, 0.15) is 0 Å². The van der Waals surface area contributed by atoms with Crippen molar-refractivity contribution < 1.29 is 0 Å². The van der Waals surface area contributed by atoms with Crippen molar-refractivity contribution in [1.82, 2.24) is 4.98 Å². The van der Waals surface area contributed by atoms with Crippen LogP contribution < -0.4 is 0 Å². The highest BCUT2D eigenvalue weighted by Crippen LogP contribution is 2.37. The Morgan fingerprint density at radius 3 is 2.50 bits per heavy atom. The number of fused-ring (bicyclic) bond motifs is 1. The molecule has 3 rings (SSSR count). The van der Waals surface area contributed by atoms with Gasteiger partial charge >= 0.3 is 0 Å². The van der Waals surface area contributed by atoms with Gasteiger partial charge in [0.25, 0.3) is 0 Å². The van der Waals surface area contributed by atoms with Gasteiger partial charge in [-0.3, -0.25) is 4.98 Å². The van der Waals surface area contributed by atoms with Gasteiger partial charge < -0.3 is 0 Å². The van der Waals surface area contributed by atoms with Crippen LogP contribution in [0.3, 0.4) is 0 Å². The van der Waals surface area contributed by atoms with E-state index in [2.05, 4.69) is 22.6 Å². The minimum absolute atomic E-state index is 0.558. The molecule has 1 aromatic carbocycles. The van der Waals surface area contributed by atoms with E-state index >= 15 is 0 Å². The molecule has 1 saturated carbocycles. The van der Waals surface area contributed by atoms with E-state index in [-0.39, 0.29) is 0 Å². The summed E-state index contributed by atoms with van der Waals surface area (Å²) in [6.07, 6.45) is 5.03. The Bertz CT molecular complexity index is 606. The zero-order valence-electron chi connectivity index (χ0n) is 9.72. The van der Waals surface area contributed by atoms with E-state index in [0.29, 0.717) is 10.9 Å². The topological polar surface area (TPSA) is 12.9 Å². The van der Waals surface area contributed by atoms with Crippen molar-refractivity contribution in [3.63, 3.8) is 0 Å². The first-order valence-corrected chi connectivity index (χ1v) is 7.94. The molecule has 1 aliphatic rings. The molecule has 0 spiro atoms. The molecule has 0 radical (unpaired) electrons. The maximum atomic E-state index is 6.38. The molecule has 0 atom stereocenters. The molecular weight excluding hydrogens is 380 g/mol. The third-order valence-corrected chi connectivity index (χ3v) is 4.80. The summed E-state index contributed by atoms with van der Waals surface area (Å²) >= 11 is 14.9. The molecule has 1 aliphatic carbocycles. The highest BCUT2D eigenvalue weighted by Gasteiger charge is 2.20. The summed E-state index contributed by atoms with van der Waals surface area (Å²) in [6, 6.07) is 5.99. The summed E-state index contributed by atoms with van der Waals surface area (Å²) in [5.74, 6) is 0.558. The Morgan fingerprint density at radius 2 is 1.78 bits per heavy atom. The molecule has 1 nitrogen and oxygen atoms in total. The molecule has 0 unspecified atom stereocenters. The monoisotopic (exact) mass is 391 g/mol. The Balaban J connectivity index is 2.20. The van der Waals surface area contributed by atoms with Gasteiger partial charge in [-0.2, -0.15) is 0 Å². The minimum atomic E-state index is 0.558. The second kappa shape index (κ2) is 5.14. The number of benzene rings is 1. The average Bonchev–Trinajstić information content (AvgIpc) is 2.83. The third kappa shape index (κ3) is 2.35. The van der Waals surface area contributed by atoms with Crippen molar-refractivity contribution in [2.24, 2.45) is 0 Å². The number of aromatic nitrogens is 1. The zero-order chi connectivity index (χ0) is 12.7. The summed E-state index contributed by atoms with van der Waals surface area (Å²) in [5, 5.41) is 2.41. The van der Waals surface area contributed by atoms with Gasteiger partial charge in [0.05, 0.1) is 15.6 Å². The quantitative estimate of drug-likeness (QED) is 0.559. The number of hydrogen-bond acceptors (Lipinski definition) is 1. The number of pyridine rings is 1. The van der Waals surface area contributed by atoms with Crippen molar-refractivity contribution in [2.75, 3.05) is 0 Å². The molecule has 0 bridgehead atoms. The fourth-order valence-corrected chi connectivity index (χ4v) is 3.99. The first kappa shape index (κ1) is 12.9. The summed E-state index contributed by atoms with van der Waals surface area (Å²) in [6.45, 7) is 0. The van der Waals surface area contributed by atoms with Crippen molar-refractivity contribution in [2.45, 2.75) is 31.6 Å². The van der Waals surface area contributed by atoms with E-state index in [4.69, 9.17) is 28.2 Å². The summed E-state index contributed by atoms with van der Waals surface area (Å²) in [5.41, 5.74) is 1.94. The van der Waals surface area contributed by atoms with E-state index in [1.54, 1.807) is 0 Å². The third-order valence-electron chi connectivity index (χ3n) is 3.57. The average molecular weight is 392 g/mol. The second-order valence-corrected chi connectivity index (χ2v) is 6.85. The predicted molar refractivity (Wildman–Crippen MR) is 85.7 cm³/mol. The standard InChI is InChI=1S/C14H12Cl2IN/c15-11-7-13(8-3-1-2-4-8)18-14-10(11)5-9(17)6-12(14)16/h5-8H,1-4H2. The molecule has 0 amide bonds. The van der Waals surface area contributed by atoms with Gasteiger partial charge in [-0.15, -0.1) is 0 Å². The van der Waals surface area contributed by atoms with Crippen LogP contribution in [-0.2, 0) is 0 Å². The van der Waals surface area contributed by atoms with Gasteiger partial charge in [-0.1, -0.05) is 36.0 Å². The molecule has 0 aliphatic heterocycles. The molecule has 94 valence electrons. The van der Waals surface area contributed by atoms with E-state index < -0.39 is 0 Å². The van der Waals surface area contributed by atoms with Crippen LogP contribution in [0.5, 0.6) is 0 Å². The SMILES string of the molecule is Clc1cc(C2CCCC2)nc2c(Cl)cc(I)cc12. The van der Waals surface area contributed by atoms with Crippen LogP contribution in [0.15, 0.2) is 18.2 Å². The van der Waals surface area contributed by atoms with Crippen LogP contribution in [-0.4, -0.2) is 4.98 Å². The molecule has 4 heteroatoms. The van der Waals surface area contributed by atoms with Crippen LogP contribution >= 0.6 is 45.8 Å². The van der Waals surface area contributed by atoms with E-state index in [9.17, 15) is 0 Å². The van der Waals surface area contributed by atoms with Gasteiger partial charge in [0.2, 0.25) is 0 Å². The molecule has 1 heterocycles. The van der Waals surface area contributed by atoms with Crippen molar-refractivity contribution in [3.05, 3.63) is 37.5 Å². The Hall–Kier alpha value is -0.0600. The summed E-state index contributed by atoms with van der Waals surface area (Å²) in [4.78, 5) is 4.74. The Morgan fingerprint density at radius 1 is 1.06 bits per heavy atom. The van der Waals surface area contributed by atoms with Crippen LogP contribution in [0, 0.1) is 3.57 Å². The summed E-state index contributed by atoms with van der Waals surface area (Å²) in [7, 11) is 0. The Labute approximate surface area is 130 Å². The van der Waals surface area contributed by atoms with Crippen molar-refractivity contribution in [3.8, 4) is 0 Å². The predicted octanol–water partition coefficient (Wildman–Crippen LogP) is 5.80. The highest BCUT2D eigenvalue weighted by atomic mass is 127. The number of nitrogens with zero attached hydrogens (tertiary/aromatic N) is 1. The number of hydrogen-bond donors (Lipinski definition) is 0. The first-order valence-electron chi connectivity index (χ1n) is 6.10. The number of halogens is 3. The lowest BCUT2D eigenvalue weighted by Crippen LogP contribution is -1.97. The zero-order valence-corrected chi connectivity index (χ0v) is 13.4. The first-order chi connectivity index (χ1) is 8.65. The van der Waals surface area contributed by atoms with Crippen LogP contribution in [0.4, 0.5) is 0 Å². The summed E-state index contributed by atoms with van der Waals surface area (Å²) < 4.78 is 1.09. The molecule has 2 aromatic rings. The molecular formula is C14H12Cl2IN. The van der Waals surface area contributed by atoms with Gasteiger partial charge in [-0.25, -0.2) is 0 Å². The van der Waals surface area contributed by atoms with Crippen molar-refractivity contribution >= 4 is 56.7 Å². The Kier molecular flexibility index (Phi) is 3.70. The smallest absolute Gasteiger partial charge is 0.0907 e. The van der Waals surface area contributed by atoms with Crippen LogP contribution in [0.25, 0.3) is 10.9 Å². The van der Waals surface area contributed by atoms with Crippen molar-refractivity contribution in [1.29, 1.82) is 0 Å².